The van der Waals surface area contributed by atoms with Gasteiger partial charge in [-0.1, -0.05) is 0 Å². The molecule has 1 aromatic heterocycles. The highest BCUT2D eigenvalue weighted by molar-refractivity contribution is 9.10. The Morgan fingerprint density at radius 3 is 2.75 bits per heavy atom. The highest BCUT2D eigenvalue weighted by Gasteiger charge is 2.17. The van der Waals surface area contributed by atoms with E-state index in [2.05, 4.69) is 20.9 Å². The molecule has 0 aliphatic carbocycles. The van der Waals surface area contributed by atoms with Crippen LogP contribution in [0.3, 0.4) is 0 Å². The van der Waals surface area contributed by atoms with Crippen LogP contribution >= 0.6 is 15.9 Å². The summed E-state index contributed by atoms with van der Waals surface area (Å²) >= 11 is 3.24. The Morgan fingerprint density at radius 1 is 1.40 bits per heavy atom. The topological polar surface area (TPSA) is 79.7 Å². The van der Waals surface area contributed by atoms with Crippen LogP contribution in [0.5, 0.6) is 0 Å². The maximum absolute atomic E-state index is 12.3. The van der Waals surface area contributed by atoms with E-state index in [1.54, 1.807) is 19.2 Å². The summed E-state index contributed by atoms with van der Waals surface area (Å²) < 4.78 is 5.51. The average Bonchev–Trinajstić information content (AvgIpc) is 2.43. The third-order valence-electron chi connectivity index (χ3n) is 2.50. The number of nitrogens with zero attached hydrogens (tertiary/aromatic N) is 2. The van der Waals surface area contributed by atoms with E-state index in [1.165, 1.54) is 11.1 Å². The SMILES string of the molecule is CCOC(=O)CCN(CCO)C(=O)c1cncc(Br)c1. The van der Waals surface area contributed by atoms with Crippen molar-refractivity contribution in [3.63, 3.8) is 0 Å². The molecule has 0 spiro atoms. The van der Waals surface area contributed by atoms with Crippen LogP contribution in [0.2, 0.25) is 0 Å². The van der Waals surface area contributed by atoms with Gasteiger partial charge in [0.1, 0.15) is 0 Å². The Bertz CT molecular complexity index is 467. The summed E-state index contributed by atoms with van der Waals surface area (Å²) in [6.07, 6.45) is 3.12. The predicted molar refractivity (Wildman–Crippen MR) is 76.2 cm³/mol. The van der Waals surface area contributed by atoms with Gasteiger partial charge in [0, 0.05) is 30.0 Å². The van der Waals surface area contributed by atoms with Crippen LogP contribution < -0.4 is 0 Å². The molecule has 0 radical (unpaired) electrons. The van der Waals surface area contributed by atoms with Gasteiger partial charge in [0.15, 0.2) is 0 Å². The second kappa shape index (κ2) is 8.65. The van der Waals surface area contributed by atoms with E-state index in [0.29, 0.717) is 16.6 Å². The van der Waals surface area contributed by atoms with Crippen LogP contribution in [0.4, 0.5) is 0 Å². The number of hydrogen-bond donors (Lipinski definition) is 1. The number of aliphatic hydroxyl groups excluding tert-OH is 1. The Balaban J connectivity index is 2.69. The van der Waals surface area contributed by atoms with E-state index >= 15 is 0 Å². The van der Waals surface area contributed by atoms with Gasteiger partial charge in [-0.25, -0.2) is 0 Å². The average molecular weight is 345 g/mol. The fourth-order valence-electron chi connectivity index (χ4n) is 1.61. The number of aromatic nitrogens is 1. The van der Waals surface area contributed by atoms with Gasteiger partial charge in [-0.2, -0.15) is 0 Å². The van der Waals surface area contributed by atoms with Crippen LogP contribution in [0.15, 0.2) is 22.9 Å². The summed E-state index contributed by atoms with van der Waals surface area (Å²) in [5.74, 6) is -0.646. The first-order valence-electron chi connectivity index (χ1n) is 6.24. The standard InChI is InChI=1S/C13H17BrN2O4/c1-2-20-12(18)3-4-16(5-6-17)13(19)10-7-11(14)9-15-8-10/h7-9,17H,2-6H2,1H3. The van der Waals surface area contributed by atoms with Crippen molar-refractivity contribution in [1.29, 1.82) is 0 Å². The lowest BCUT2D eigenvalue weighted by Crippen LogP contribution is -2.35. The number of carbonyl (C=O) groups is 2. The van der Waals surface area contributed by atoms with E-state index in [1.807, 2.05) is 0 Å². The molecule has 1 aromatic rings. The highest BCUT2D eigenvalue weighted by atomic mass is 79.9. The number of carbonyl (C=O) groups excluding carboxylic acids is 2. The van der Waals surface area contributed by atoms with Crippen LogP contribution in [-0.2, 0) is 9.53 Å². The fraction of sp³-hybridized carbons (Fsp3) is 0.462. The molecule has 0 saturated carbocycles. The Hall–Kier alpha value is -1.47. The normalized spacial score (nSPS) is 10.2. The molecule has 1 rings (SSSR count). The van der Waals surface area contributed by atoms with Crippen molar-refractivity contribution in [2.75, 3.05) is 26.3 Å². The number of esters is 1. The summed E-state index contributed by atoms with van der Waals surface area (Å²) in [6, 6.07) is 1.64. The zero-order valence-corrected chi connectivity index (χ0v) is 12.8. The molecule has 0 unspecified atom stereocenters. The number of amides is 1. The molecule has 1 N–H and O–H groups in total. The predicted octanol–water partition coefficient (Wildman–Crippen LogP) is 1.23. The second-order valence-electron chi connectivity index (χ2n) is 3.96. The van der Waals surface area contributed by atoms with Crippen molar-refractivity contribution in [2.45, 2.75) is 13.3 Å². The van der Waals surface area contributed by atoms with Crippen molar-refractivity contribution < 1.29 is 19.4 Å². The monoisotopic (exact) mass is 344 g/mol. The van der Waals surface area contributed by atoms with Crippen molar-refractivity contribution >= 4 is 27.8 Å². The Morgan fingerprint density at radius 2 is 2.15 bits per heavy atom. The highest BCUT2D eigenvalue weighted by Crippen LogP contribution is 2.12. The largest absolute Gasteiger partial charge is 0.466 e. The van der Waals surface area contributed by atoms with E-state index in [4.69, 9.17) is 9.84 Å². The maximum Gasteiger partial charge on any atom is 0.307 e. The summed E-state index contributed by atoms with van der Waals surface area (Å²) in [5.41, 5.74) is 0.400. The summed E-state index contributed by atoms with van der Waals surface area (Å²) in [7, 11) is 0. The molecule has 0 aromatic carbocycles. The number of halogens is 1. The van der Waals surface area contributed by atoms with Gasteiger partial charge < -0.3 is 14.7 Å². The van der Waals surface area contributed by atoms with Crippen LogP contribution in [-0.4, -0.2) is 53.2 Å². The molecule has 0 atom stereocenters. The number of pyridine rings is 1. The first kappa shape index (κ1) is 16.6. The van der Waals surface area contributed by atoms with Gasteiger partial charge in [-0.3, -0.25) is 14.6 Å². The van der Waals surface area contributed by atoms with Crippen LogP contribution in [0, 0.1) is 0 Å². The summed E-state index contributed by atoms with van der Waals surface area (Å²) in [6.45, 7) is 2.22. The molecular formula is C13H17BrN2O4. The Labute approximate surface area is 125 Å². The molecular weight excluding hydrogens is 328 g/mol. The zero-order valence-electron chi connectivity index (χ0n) is 11.2. The molecule has 0 fully saturated rings. The molecule has 0 bridgehead atoms. The fourth-order valence-corrected chi connectivity index (χ4v) is 1.97. The molecule has 0 aliphatic rings. The number of hydrogen-bond acceptors (Lipinski definition) is 5. The van der Waals surface area contributed by atoms with Crippen molar-refractivity contribution in [3.05, 3.63) is 28.5 Å². The van der Waals surface area contributed by atoms with Crippen molar-refractivity contribution in [1.82, 2.24) is 9.88 Å². The molecule has 6 nitrogen and oxygen atoms in total. The maximum atomic E-state index is 12.3. The summed E-state index contributed by atoms with van der Waals surface area (Å²) in [5, 5.41) is 9.02. The van der Waals surface area contributed by atoms with Crippen molar-refractivity contribution in [3.8, 4) is 0 Å². The van der Waals surface area contributed by atoms with Crippen LogP contribution in [0.1, 0.15) is 23.7 Å². The minimum Gasteiger partial charge on any atom is -0.466 e. The second-order valence-corrected chi connectivity index (χ2v) is 4.88. The first-order valence-corrected chi connectivity index (χ1v) is 7.04. The van der Waals surface area contributed by atoms with Gasteiger partial charge >= 0.3 is 5.97 Å². The van der Waals surface area contributed by atoms with Crippen molar-refractivity contribution in [2.24, 2.45) is 0 Å². The van der Waals surface area contributed by atoms with Gasteiger partial charge in [0.2, 0.25) is 0 Å². The Kier molecular flexibility index (Phi) is 7.17. The smallest absolute Gasteiger partial charge is 0.307 e. The van der Waals surface area contributed by atoms with Gasteiger partial charge in [0.25, 0.3) is 5.91 Å². The molecule has 20 heavy (non-hydrogen) atoms. The lowest BCUT2D eigenvalue weighted by atomic mass is 10.2. The van der Waals surface area contributed by atoms with E-state index in [-0.39, 0.29) is 38.0 Å². The molecule has 7 heteroatoms. The quantitative estimate of drug-likeness (QED) is 0.752. The summed E-state index contributed by atoms with van der Waals surface area (Å²) in [4.78, 5) is 28.9. The number of aliphatic hydroxyl groups is 1. The van der Waals surface area contributed by atoms with Crippen LogP contribution in [0.25, 0.3) is 0 Å². The molecule has 1 heterocycles. The number of ether oxygens (including phenoxy) is 1. The third kappa shape index (κ3) is 5.26. The van der Waals surface area contributed by atoms with E-state index < -0.39 is 0 Å². The lowest BCUT2D eigenvalue weighted by molar-refractivity contribution is -0.143. The third-order valence-corrected chi connectivity index (χ3v) is 2.93. The van der Waals surface area contributed by atoms with Gasteiger partial charge in [-0.05, 0) is 28.9 Å². The molecule has 0 saturated heterocycles. The molecule has 0 aliphatic heterocycles. The first-order chi connectivity index (χ1) is 9.58. The molecule has 1 amide bonds. The van der Waals surface area contributed by atoms with E-state index in [0.717, 1.165) is 0 Å². The lowest BCUT2D eigenvalue weighted by Gasteiger charge is -2.21. The zero-order chi connectivity index (χ0) is 15.0. The van der Waals surface area contributed by atoms with Gasteiger partial charge in [0.05, 0.1) is 25.2 Å². The van der Waals surface area contributed by atoms with E-state index in [9.17, 15) is 9.59 Å². The number of rotatable bonds is 7. The molecule has 110 valence electrons. The van der Waals surface area contributed by atoms with Gasteiger partial charge in [-0.15, -0.1) is 0 Å². The minimum absolute atomic E-state index is 0.0982. The minimum atomic E-state index is -0.365.